The van der Waals surface area contributed by atoms with Gasteiger partial charge in [-0.3, -0.25) is 4.79 Å². The predicted molar refractivity (Wildman–Crippen MR) is 103 cm³/mol. The first-order valence-corrected chi connectivity index (χ1v) is 10.0. The largest absolute Gasteiger partial charge is 0.341 e. The third-order valence-electron chi connectivity index (χ3n) is 6.55. The van der Waals surface area contributed by atoms with Crippen molar-refractivity contribution in [2.45, 2.75) is 37.1 Å². The van der Waals surface area contributed by atoms with E-state index in [1.807, 2.05) is 30.3 Å². The molecular formula is C23H19F2N3O. The Bertz CT molecular complexity index is 1150. The second kappa shape index (κ2) is 5.75. The van der Waals surface area contributed by atoms with E-state index in [1.165, 1.54) is 16.8 Å². The monoisotopic (exact) mass is 391 g/mol. The van der Waals surface area contributed by atoms with Gasteiger partial charge in [0.05, 0.1) is 11.2 Å². The van der Waals surface area contributed by atoms with Crippen LogP contribution in [-0.2, 0) is 12.0 Å². The Morgan fingerprint density at radius 3 is 2.66 bits per heavy atom. The lowest BCUT2D eigenvalue weighted by Gasteiger charge is -2.17. The van der Waals surface area contributed by atoms with Crippen LogP contribution in [-0.4, -0.2) is 15.7 Å². The van der Waals surface area contributed by atoms with Gasteiger partial charge in [0.25, 0.3) is 5.91 Å². The minimum absolute atomic E-state index is 0.193. The number of rotatable bonds is 4. The zero-order chi connectivity index (χ0) is 19.8. The molecule has 0 spiro atoms. The molecule has 0 aliphatic heterocycles. The van der Waals surface area contributed by atoms with Crippen LogP contribution in [0.2, 0.25) is 0 Å². The number of amides is 1. The highest BCUT2D eigenvalue weighted by molar-refractivity contribution is 5.95. The fourth-order valence-corrected chi connectivity index (χ4v) is 4.78. The van der Waals surface area contributed by atoms with E-state index in [1.54, 1.807) is 0 Å². The van der Waals surface area contributed by atoms with Crippen LogP contribution in [0, 0.1) is 17.6 Å². The number of benzene rings is 2. The molecule has 1 amide bonds. The van der Waals surface area contributed by atoms with Crippen molar-refractivity contribution < 1.29 is 13.6 Å². The van der Waals surface area contributed by atoms with E-state index in [0.29, 0.717) is 17.5 Å². The maximum atomic E-state index is 14.5. The van der Waals surface area contributed by atoms with Gasteiger partial charge in [-0.05, 0) is 49.3 Å². The molecule has 2 atom stereocenters. The Morgan fingerprint density at radius 2 is 1.93 bits per heavy atom. The van der Waals surface area contributed by atoms with Crippen LogP contribution in [0.3, 0.4) is 0 Å². The lowest BCUT2D eigenvalue weighted by Crippen LogP contribution is -2.35. The van der Waals surface area contributed by atoms with Crippen molar-refractivity contribution in [1.82, 2.24) is 15.1 Å². The first-order valence-electron chi connectivity index (χ1n) is 10.0. The fourth-order valence-electron chi connectivity index (χ4n) is 4.78. The van der Waals surface area contributed by atoms with E-state index in [0.717, 1.165) is 48.6 Å². The highest BCUT2D eigenvalue weighted by Gasteiger charge is 2.51. The molecule has 146 valence electrons. The molecule has 0 radical (unpaired) electrons. The summed E-state index contributed by atoms with van der Waals surface area (Å²) in [5.74, 6) is -0.698. The number of carbonyl (C=O) groups is 1. The van der Waals surface area contributed by atoms with Gasteiger partial charge in [-0.15, -0.1) is 0 Å². The van der Waals surface area contributed by atoms with Gasteiger partial charge in [-0.25, -0.2) is 13.5 Å². The molecule has 3 aliphatic carbocycles. The van der Waals surface area contributed by atoms with Crippen molar-refractivity contribution in [2.75, 3.05) is 0 Å². The molecule has 1 aromatic heterocycles. The summed E-state index contributed by atoms with van der Waals surface area (Å²) < 4.78 is 29.4. The van der Waals surface area contributed by atoms with E-state index < -0.39 is 11.6 Å². The number of hydrogen-bond donors (Lipinski definition) is 1. The normalized spacial score (nSPS) is 22.7. The second-order valence-corrected chi connectivity index (χ2v) is 8.43. The number of hydrogen-bond acceptors (Lipinski definition) is 2. The first kappa shape index (κ1) is 16.9. The topological polar surface area (TPSA) is 46.9 Å². The summed E-state index contributed by atoms with van der Waals surface area (Å²) in [5, 5.41) is 7.70. The summed E-state index contributed by atoms with van der Waals surface area (Å²) in [7, 11) is 0. The summed E-state index contributed by atoms with van der Waals surface area (Å²) in [6.45, 7) is 0. The van der Waals surface area contributed by atoms with E-state index >= 15 is 0 Å². The summed E-state index contributed by atoms with van der Waals surface area (Å²) in [5.41, 5.74) is 3.15. The van der Waals surface area contributed by atoms with Gasteiger partial charge in [0, 0.05) is 17.5 Å². The summed E-state index contributed by atoms with van der Waals surface area (Å²) >= 11 is 0. The number of halogens is 2. The highest BCUT2D eigenvalue weighted by atomic mass is 19.1. The van der Waals surface area contributed by atoms with Gasteiger partial charge in [0.15, 0.2) is 11.5 Å². The van der Waals surface area contributed by atoms with E-state index in [4.69, 9.17) is 0 Å². The molecule has 2 fully saturated rings. The molecular weight excluding hydrogens is 372 g/mol. The molecule has 2 aromatic carbocycles. The molecule has 3 aromatic rings. The third kappa shape index (κ3) is 2.55. The molecule has 29 heavy (non-hydrogen) atoms. The number of nitrogens with zero attached hydrogens (tertiary/aromatic N) is 2. The van der Waals surface area contributed by atoms with Crippen LogP contribution >= 0.6 is 0 Å². The van der Waals surface area contributed by atoms with Gasteiger partial charge in [-0.1, -0.05) is 30.3 Å². The Hall–Kier alpha value is -3.02. The Labute approximate surface area is 166 Å². The van der Waals surface area contributed by atoms with Crippen LogP contribution in [0.1, 0.15) is 52.5 Å². The van der Waals surface area contributed by atoms with Gasteiger partial charge in [-0.2, -0.15) is 5.10 Å². The lowest BCUT2D eigenvalue weighted by molar-refractivity contribution is 0.0924. The van der Waals surface area contributed by atoms with Crippen molar-refractivity contribution in [2.24, 2.45) is 5.92 Å². The average molecular weight is 391 g/mol. The van der Waals surface area contributed by atoms with Crippen molar-refractivity contribution >= 4 is 5.91 Å². The van der Waals surface area contributed by atoms with Gasteiger partial charge in [0.2, 0.25) is 0 Å². The fraction of sp³-hybridized carbons (Fsp3) is 0.304. The minimum Gasteiger partial charge on any atom is -0.341 e. The molecule has 4 nitrogen and oxygen atoms in total. The molecule has 6 heteroatoms. The van der Waals surface area contributed by atoms with Crippen LogP contribution in [0.15, 0.2) is 48.5 Å². The van der Waals surface area contributed by atoms with E-state index in [-0.39, 0.29) is 17.1 Å². The third-order valence-corrected chi connectivity index (χ3v) is 6.55. The summed E-state index contributed by atoms with van der Waals surface area (Å²) in [6.07, 6.45) is 3.62. The minimum atomic E-state index is -0.672. The number of aromatic nitrogens is 2. The van der Waals surface area contributed by atoms with E-state index in [2.05, 4.69) is 10.4 Å². The maximum absolute atomic E-state index is 14.5. The van der Waals surface area contributed by atoms with Crippen LogP contribution in [0.5, 0.6) is 0 Å². The maximum Gasteiger partial charge on any atom is 0.272 e. The smallest absolute Gasteiger partial charge is 0.272 e. The molecule has 1 heterocycles. The van der Waals surface area contributed by atoms with Crippen LogP contribution in [0.4, 0.5) is 8.78 Å². The average Bonchev–Trinajstić information content (AvgIpc) is 3.59. The molecule has 3 aliphatic rings. The quantitative estimate of drug-likeness (QED) is 0.724. The van der Waals surface area contributed by atoms with Crippen molar-refractivity contribution in [3.63, 3.8) is 0 Å². The molecule has 2 saturated carbocycles. The lowest BCUT2D eigenvalue weighted by atomic mass is 10.0. The Morgan fingerprint density at radius 1 is 1.14 bits per heavy atom. The molecule has 0 unspecified atom stereocenters. The highest BCUT2D eigenvalue weighted by Crippen LogP contribution is 2.57. The zero-order valence-corrected chi connectivity index (χ0v) is 15.7. The predicted octanol–water partition coefficient (Wildman–Crippen LogP) is 4.23. The van der Waals surface area contributed by atoms with E-state index in [9.17, 15) is 13.6 Å². The molecule has 0 saturated heterocycles. The standard InChI is InChI=1S/C23H19F2N3O/c24-15-6-7-19(18(25)12-15)28-21-16-10-13(16)11-17(21)20(27-28)22(29)26-23(8-9-23)14-4-2-1-3-5-14/h1-7,12-13,16H,8-11H2,(H,26,29)/t13-,16-/m1/s1. The number of fused-ring (bicyclic) bond motifs is 3. The van der Waals surface area contributed by atoms with Crippen molar-refractivity contribution in [3.05, 3.63) is 82.7 Å². The Kier molecular flexibility index (Phi) is 3.35. The van der Waals surface area contributed by atoms with Crippen molar-refractivity contribution in [1.29, 1.82) is 0 Å². The molecule has 6 rings (SSSR count). The Balaban J connectivity index is 1.39. The number of nitrogens with one attached hydrogen (secondary N) is 1. The molecule has 0 bridgehead atoms. The van der Waals surface area contributed by atoms with Gasteiger partial charge < -0.3 is 5.32 Å². The van der Waals surface area contributed by atoms with Crippen LogP contribution in [0.25, 0.3) is 5.69 Å². The number of carbonyl (C=O) groups excluding carboxylic acids is 1. The van der Waals surface area contributed by atoms with Crippen LogP contribution < -0.4 is 5.32 Å². The van der Waals surface area contributed by atoms with Gasteiger partial charge >= 0.3 is 0 Å². The summed E-state index contributed by atoms with van der Waals surface area (Å²) in [4.78, 5) is 13.2. The van der Waals surface area contributed by atoms with Gasteiger partial charge in [0.1, 0.15) is 11.5 Å². The summed E-state index contributed by atoms with van der Waals surface area (Å²) in [6, 6.07) is 13.4. The second-order valence-electron chi connectivity index (χ2n) is 8.43. The van der Waals surface area contributed by atoms with Crippen molar-refractivity contribution in [3.8, 4) is 5.69 Å². The zero-order valence-electron chi connectivity index (χ0n) is 15.7. The molecule has 1 N–H and O–H groups in total. The SMILES string of the molecule is O=C(NC1(c2ccccc2)CC1)c1nn(-c2ccc(F)cc2F)c2c1C[C@H]1C[C@@H]21. The first-order chi connectivity index (χ1) is 14.1.